The Hall–Kier alpha value is -1.09. The summed E-state index contributed by atoms with van der Waals surface area (Å²) in [7, 11) is 0. The Balaban J connectivity index is 1.62. The van der Waals surface area contributed by atoms with Gasteiger partial charge >= 0.3 is 0 Å². The van der Waals surface area contributed by atoms with Crippen molar-refractivity contribution in [3.8, 4) is 0 Å². The molecule has 1 N–H and O–H groups in total. The van der Waals surface area contributed by atoms with Crippen molar-refractivity contribution in [1.82, 2.24) is 0 Å². The quantitative estimate of drug-likeness (QED) is 0.547. The number of carboxylic acid groups (broad SMARTS) is 1. The zero-order valence-electron chi connectivity index (χ0n) is 21.3. The van der Waals surface area contributed by atoms with E-state index in [4.69, 9.17) is 0 Å². The number of aliphatic hydroxyl groups is 1. The molecule has 0 bridgehead atoms. The smallest absolute Gasteiger partial charge is 0.0649 e. The second-order valence-corrected chi connectivity index (χ2v) is 12.7. The first-order valence-corrected chi connectivity index (χ1v) is 13.2. The third-order valence-electron chi connectivity index (χ3n) is 10.9. The number of rotatable bonds is 5. The molecule has 1 unspecified atom stereocenters. The summed E-state index contributed by atoms with van der Waals surface area (Å²) in [6.45, 7) is 13.5. The molecule has 180 valence electrons. The summed E-state index contributed by atoms with van der Waals surface area (Å²) in [5.74, 6) is 1.13. The van der Waals surface area contributed by atoms with Gasteiger partial charge in [0.1, 0.15) is 0 Å². The van der Waals surface area contributed by atoms with Crippen molar-refractivity contribution < 1.29 is 15.0 Å². The molecule has 2 saturated carbocycles. The van der Waals surface area contributed by atoms with Crippen LogP contribution < -0.4 is 5.11 Å². The van der Waals surface area contributed by atoms with Gasteiger partial charge in [-0.05, 0) is 113 Å². The monoisotopic (exact) mass is 441 g/mol. The fourth-order valence-corrected chi connectivity index (χ4v) is 9.07. The minimum Gasteiger partial charge on any atom is -0.549 e. The zero-order valence-corrected chi connectivity index (χ0v) is 21.3. The number of hydrogen-bond acceptors (Lipinski definition) is 3. The standard InChI is InChI=1S/C29H46O3/c1-18(2)8-7-9-19(3)21-11-12-22-20-10-13-24-28(5,23(20)14-16-27(21,22)4)17-15-25(30)29(24,6)26(31)32/h8,19,21-22,24-25,30H,7,9-17H2,1-6H3,(H,31,32)/p-1/t19-,21-,22?,24+,25+,27-,28-,29+/m1/s1. The minimum atomic E-state index is -1.13. The lowest BCUT2D eigenvalue weighted by Crippen LogP contribution is -2.61. The van der Waals surface area contributed by atoms with Crippen LogP contribution in [0.25, 0.3) is 0 Å². The highest BCUT2D eigenvalue weighted by Gasteiger charge is 2.60. The van der Waals surface area contributed by atoms with Crippen LogP contribution in [0.4, 0.5) is 0 Å². The van der Waals surface area contributed by atoms with Crippen LogP contribution in [0.15, 0.2) is 22.8 Å². The molecule has 3 nitrogen and oxygen atoms in total. The van der Waals surface area contributed by atoms with Crippen LogP contribution in [-0.2, 0) is 4.79 Å². The van der Waals surface area contributed by atoms with Gasteiger partial charge in [-0.25, -0.2) is 0 Å². The molecule has 32 heavy (non-hydrogen) atoms. The van der Waals surface area contributed by atoms with Gasteiger partial charge in [0.25, 0.3) is 0 Å². The van der Waals surface area contributed by atoms with Gasteiger partial charge in [-0.1, -0.05) is 50.5 Å². The number of allylic oxidation sites excluding steroid dienone is 4. The van der Waals surface area contributed by atoms with E-state index >= 15 is 0 Å². The van der Waals surface area contributed by atoms with Crippen LogP contribution in [-0.4, -0.2) is 17.2 Å². The lowest BCUT2D eigenvalue weighted by atomic mass is 9.45. The van der Waals surface area contributed by atoms with E-state index in [1.54, 1.807) is 18.1 Å². The zero-order chi connectivity index (χ0) is 23.5. The molecule has 4 rings (SSSR count). The maximum Gasteiger partial charge on any atom is 0.0649 e. The van der Waals surface area contributed by atoms with E-state index in [1.807, 2.05) is 0 Å². The topological polar surface area (TPSA) is 60.4 Å². The van der Waals surface area contributed by atoms with Gasteiger partial charge in [-0.3, -0.25) is 0 Å². The van der Waals surface area contributed by atoms with Gasteiger partial charge in [-0.2, -0.15) is 0 Å². The molecule has 0 aromatic rings. The highest BCUT2D eigenvalue weighted by molar-refractivity contribution is 5.74. The predicted octanol–water partition coefficient (Wildman–Crippen LogP) is 5.82. The van der Waals surface area contributed by atoms with E-state index < -0.39 is 17.5 Å². The first kappa shape index (κ1) is 24.0. The van der Waals surface area contributed by atoms with Crippen LogP contribution in [0.3, 0.4) is 0 Å². The highest BCUT2D eigenvalue weighted by Crippen LogP contribution is 2.68. The van der Waals surface area contributed by atoms with Crippen molar-refractivity contribution >= 4 is 5.97 Å². The summed E-state index contributed by atoms with van der Waals surface area (Å²) < 4.78 is 0. The van der Waals surface area contributed by atoms with E-state index in [1.165, 1.54) is 37.7 Å². The number of carbonyl (C=O) groups is 1. The molecule has 4 aliphatic carbocycles. The Morgan fingerprint density at radius 1 is 1.12 bits per heavy atom. The molecular formula is C29H45O3-. The minimum absolute atomic E-state index is 0.0212. The van der Waals surface area contributed by atoms with Crippen molar-refractivity contribution in [2.45, 2.75) is 112 Å². The summed E-state index contributed by atoms with van der Waals surface area (Å²) in [4.78, 5) is 12.2. The average molecular weight is 442 g/mol. The number of carbonyl (C=O) groups excluding carboxylic acids is 1. The second-order valence-electron chi connectivity index (χ2n) is 12.7. The summed E-state index contributed by atoms with van der Waals surface area (Å²) in [5, 5.41) is 22.9. The summed E-state index contributed by atoms with van der Waals surface area (Å²) in [6, 6.07) is 0. The first-order valence-electron chi connectivity index (χ1n) is 13.2. The van der Waals surface area contributed by atoms with Crippen LogP contribution in [0.5, 0.6) is 0 Å². The summed E-state index contributed by atoms with van der Waals surface area (Å²) in [6.07, 6.45) is 12.4. The number of carboxylic acids is 1. The molecule has 0 aliphatic heterocycles. The SMILES string of the molecule is CC(C)=CCC[C@@H](C)[C@H]1CCC2C3=C(CC[C@@]21C)[C@@]1(C)CC[C@H](O)[C@@](C)(C(=O)[O-])[C@H]1CC3. The molecule has 0 radical (unpaired) electrons. The number of aliphatic carboxylic acids is 1. The predicted molar refractivity (Wildman–Crippen MR) is 128 cm³/mol. The highest BCUT2D eigenvalue weighted by atomic mass is 16.4. The molecular weight excluding hydrogens is 396 g/mol. The largest absolute Gasteiger partial charge is 0.549 e. The lowest BCUT2D eigenvalue weighted by molar-refractivity contribution is -0.331. The van der Waals surface area contributed by atoms with E-state index in [2.05, 4.69) is 40.7 Å². The Kier molecular flexibility index (Phi) is 6.23. The molecule has 0 aromatic heterocycles. The van der Waals surface area contributed by atoms with Crippen LogP contribution in [0.2, 0.25) is 0 Å². The van der Waals surface area contributed by atoms with E-state index in [-0.39, 0.29) is 11.3 Å². The maximum absolute atomic E-state index is 12.2. The maximum atomic E-state index is 12.2. The van der Waals surface area contributed by atoms with E-state index in [0.29, 0.717) is 17.8 Å². The Bertz CT molecular complexity index is 820. The molecule has 0 spiro atoms. The molecule has 0 saturated heterocycles. The molecule has 8 atom stereocenters. The number of fused-ring (bicyclic) bond motifs is 4. The molecule has 2 fully saturated rings. The van der Waals surface area contributed by atoms with Crippen molar-refractivity contribution in [2.24, 2.45) is 39.9 Å². The summed E-state index contributed by atoms with van der Waals surface area (Å²) in [5.41, 5.74) is 3.84. The van der Waals surface area contributed by atoms with Gasteiger partial charge in [0, 0.05) is 5.41 Å². The van der Waals surface area contributed by atoms with Crippen molar-refractivity contribution in [3.63, 3.8) is 0 Å². The Labute approximate surface area is 195 Å². The van der Waals surface area contributed by atoms with Gasteiger partial charge in [-0.15, -0.1) is 0 Å². The number of hydrogen-bond donors (Lipinski definition) is 1. The summed E-state index contributed by atoms with van der Waals surface area (Å²) >= 11 is 0. The fraction of sp³-hybridized carbons (Fsp3) is 0.828. The van der Waals surface area contributed by atoms with Gasteiger partial charge in [0.2, 0.25) is 0 Å². The molecule has 4 aliphatic rings. The number of aliphatic hydroxyl groups excluding tert-OH is 1. The first-order chi connectivity index (χ1) is 15.0. The van der Waals surface area contributed by atoms with E-state index in [0.717, 1.165) is 37.5 Å². The van der Waals surface area contributed by atoms with Crippen LogP contribution >= 0.6 is 0 Å². The third-order valence-corrected chi connectivity index (χ3v) is 10.9. The van der Waals surface area contributed by atoms with Gasteiger partial charge < -0.3 is 15.0 Å². The average Bonchev–Trinajstić information content (AvgIpc) is 3.08. The normalized spacial score (nSPS) is 44.3. The van der Waals surface area contributed by atoms with Crippen molar-refractivity contribution in [2.75, 3.05) is 0 Å². The van der Waals surface area contributed by atoms with Gasteiger partial charge in [0.15, 0.2) is 0 Å². The van der Waals surface area contributed by atoms with Crippen LogP contribution in [0, 0.1) is 39.9 Å². The molecule has 0 amide bonds. The van der Waals surface area contributed by atoms with Crippen molar-refractivity contribution in [1.29, 1.82) is 0 Å². The van der Waals surface area contributed by atoms with E-state index in [9.17, 15) is 15.0 Å². The molecule has 0 aromatic carbocycles. The molecule has 0 heterocycles. The fourth-order valence-electron chi connectivity index (χ4n) is 9.07. The van der Waals surface area contributed by atoms with Gasteiger partial charge in [0.05, 0.1) is 12.1 Å². The van der Waals surface area contributed by atoms with Crippen molar-refractivity contribution in [3.05, 3.63) is 22.8 Å². The lowest BCUT2D eigenvalue weighted by Gasteiger charge is -2.60. The van der Waals surface area contributed by atoms with Crippen LogP contribution in [0.1, 0.15) is 106 Å². The second kappa shape index (κ2) is 8.29. The molecule has 3 heteroatoms. The Morgan fingerprint density at radius 3 is 2.50 bits per heavy atom. The third kappa shape index (κ3) is 3.44. The Morgan fingerprint density at radius 2 is 1.84 bits per heavy atom.